The third-order valence-electron chi connectivity index (χ3n) is 5.50. The van der Waals surface area contributed by atoms with Crippen LogP contribution in [0.25, 0.3) is 0 Å². The molecule has 0 saturated heterocycles. The van der Waals surface area contributed by atoms with Gasteiger partial charge in [-0.1, -0.05) is 107 Å². The number of benzene rings is 3. The number of carbonyl (C=O) groups is 1. The molecule has 0 unspecified atom stereocenters. The largest absolute Gasteiger partial charge is 0.324 e. The highest BCUT2D eigenvalue weighted by molar-refractivity contribution is 5.94. The molecule has 0 aromatic heterocycles. The summed E-state index contributed by atoms with van der Waals surface area (Å²) >= 11 is 0. The van der Waals surface area contributed by atoms with Crippen molar-refractivity contribution in [3.63, 3.8) is 0 Å². The molecule has 0 bridgehead atoms. The lowest BCUT2D eigenvalue weighted by Gasteiger charge is -2.24. The van der Waals surface area contributed by atoms with Gasteiger partial charge >= 0.3 is 0 Å². The fraction of sp³-hybridized carbons (Fsp3) is 0.321. The van der Waals surface area contributed by atoms with E-state index in [1.807, 2.05) is 36.4 Å². The van der Waals surface area contributed by atoms with Crippen LogP contribution in [0.15, 0.2) is 78.9 Å². The molecule has 0 saturated carbocycles. The first-order valence-electron chi connectivity index (χ1n) is 11.2. The summed E-state index contributed by atoms with van der Waals surface area (Å²) in [4.78, 5) is 15.4. The van der Waals surface area contributed by atoms with Gasteiger partial charge in [-0.3, -0.25) is 9.69 Å². The summed E-state index contributed by atoms with van der Waals surface area (Å²) < 4.78 is 0. The Hall–Kier alpha value is -2.91. The number of amides is 1. The number of anilines is 1. The Morgan fingerprint density at radius 1 is 0.710 bits per heavy atom. The van der Waals surface area contributed by atoms with Gasteiger partial charge < -0.3 is 5.32 Å². The normalized spacial score (nSPS) is 11.3. The van der Waals surface area contributed by atoms with Crippen molar-refractivity contribution in [3.8, 4) is 0 Å². The predicted molar refractivity (Wildman–Crippen MR) is 130 cm³/mol. The molecule has 0 fully saturated rings. The van der Waals surface area contributed by atoms with E-state index in [0.29, 0.717) is 18.4 Å². The summed E-state index contributed by atoms with van der Waals surface area (Å²) in [5.74, 6) is 0.722. The lowest BCUT2D eigenvalue weighted by atomic mass is 9.92. The van der Waals surface area contributed by atoms with Crippen molar-refractivity contribution in [1.29, 1.82) is 0 Å². The van der Waals surface area contributed by atoms with Gasteiger partial charge in [0.2, 0.25) is 5.91 Å². The monoisotopic (exact) mass is 414 g/mol. The van der Waals surface area contributed by atoms with Gasteiger partial charge in [0.05, 0.1) is 6.54 Å². The van der Waals surface area contributed by atoms with E-state index in [1.54, 1.807) is 0 Å². The number of nitrogens with zero attached hydrogens (tertiary/aromatic N) is 1. The van der Waals surface area contributed by atoms with Crippen molar-refractivity contribution in [2.45, 2.75) is 52.6 Å². The molecule has 0 radical (unpaired) electrons. The Morgan fingerprint density at radius 3 is 1.58 bits per heavy atom. The number of para-hydroxylation sites is 1. The van der Waals surface area contributed by atoms with E-state index < -0.39 is 0 Å². The zero-order chi connectivity index (χ0) is 22.2. The Kier molecular flexibility index (Phi) is 8.02. The Labute approximate surface area is 187 Å². The van der Waals surface area contributed by atoms with Crippen molar-refractivity contribution in [1.82, 2.24) is 4.90 Å². The third-order valence-corrected chi connectivity index (χ3v) is 5.50. The minimum atomic E-state index is 0.0295. The summed E-state index contributed by atoms with van der Waals surface area (Å²) in [6, 6.07) is 27.0. The molecule has 0 spiro atoms. The first-order chi connectivity index (χ1) is 14.9. The topological polar surface area (TPSA) is 32.3 Å². The number of hydrogen-bond donors (Lipinski definition) is 1. The van der Waals surface area contributed by atoms with Crippen molar-refractivity contribution < 1.29 is 4.79 Å². The maximum Gasteiger partial charge on any atom is 0.238 e. The van der Waals surface area contributed by atoms with Crippen molar-refractivity contribution in [2.75, 3.05) is 11.9 Å². The number of nitrogens with one attached hydrogen (secondary N) is 1. The summed E-state index contributed by atoms with van der Waals surface area (Å²) in [5.41, 5.74) is 5.78. The highest BCUT2D eigenvalue weighted by Gasteiger charge is 2.18. The maximum atomic E-state index is 13.2. The van der Waals surface area contributed by atoms with Gasteiger partial charge in [-0.25, -0.2) is 0 Å². The van der Waals surface area contributed by atoms with E-state index in [9.17, 15) is 4.79 Å². The van der Waals surface area contributed by atoms with E-state index >= 15 is 0 Å². The molecule has 1 N–H and O–H groups in total. The van der Waals surface area contributed by atoms with Gasteiger partial charge in [0, 0.05) is 18.8 Å². The molecule has 3 aromatic rings. The predicted octanol–water partition coefficient (Wildman–Crippen LogP) is 6.57. The van der Waals surface area contributed by atoms with Crippen LogP contribution in [0.1, 0.15) is 61.8 Å². The van der Waals surface area contributed by atoms with E-state index in [4.69, 9.17) is 0 Å². The van der Waals surface area contributed by atoms with E-state index in [1.165, 1.54) is 22.3 Å². The lowest BCUT2D eigenvalue weighted by molar-refractivity contribution is -0.117. The second kappa shape index (κ2) is 10.9. The van der Waals surface area contributed by atoms with Crippen LogP contribution in [-0.4, -0.2) is 17.4 Å². The maximum absolute atomic E-state index is 13.2. The average Bonchev–Trinajstić information content (AvgIpc) is 2.75. The van der Waals surface area contributed by atoms with Crippen LogP contribution in [0, 0.1) is 0 Å². The molecule has 3 rings (SSSR count). The molecule has 0 atom stereocenters. The molecular formula is C28H34N2O. The first-order valence-corrected chi connectivity index (χ1v) is 11.2. The van der Waals surface area contributed by atoms with Crippen LogP contribution in [0.4, 0.5) is 5.69 Å². The molecule has 3 heteroatoms. The van der Waals surface area contributed by atoms with Crippen LogP contribution < -0.4 is 5.32 Å². The van der Waals surface area contributed by atoms with Gasteiger partial charge in [-0.05, 0) is 34.1 Å². The Balaban J connectivity index is 1.80. The summed E-state index contributed by atoms with van der Waals surface area (Å²) in [6.45, 7) is 10.5. The standard InChI is InChI=1S/C28H34N2O/c1-21(2)25-16-11-17-26(22(3)4)28(25)29-27(31)20-30(18-23-12-7-5-8-13-23)19-24-14-9-6-10-15-24/h5-17,21-22H,18-20H2,1-4H3,(H,29,31). The molecule has 3 aromatic carbocycles. The molecule has 3 nitrogen and oxygen atoms in total. The molecule has 0 heterocycles. The fourth-order valence-corrected chi connectivity index (χ4v) is 3.93. The van der Waals surface area contributed by atoms with E-state index in [-0.39, 0.29) is 5.91 Å². The first kappa shape index (κ1) is 22.8. The van der Waals surface area contributed by atoms with Crippen LogP contribution >= 0.6 is 0 Å². The van der Waals surface area contributed by atoms with Crippen molar-refractivity contribution >= 4 is 11.6 Å². The van der Waals surface area contributed by atoms with Crippen LogP contribution in [0.2, 0.25) is 0 Å². The Bertz CT molecular complexity index is 897. The smallest absolute Gasteiger partial charge is 0.238 e. The molecule has 0 aliphatic rings. The zero-order valence-corrected chi connectivity index (χ0v) is 19.1. The molecular weight excluding hydrogens is 380 g/mol. The van der Waals surface area contributed by atoms with Gasteiger partial charge in [0.15, 0.2) is 0 Å². The number of carbonyl (C=O) groups excluding carboxylic acids is 1. The second-order valence-corrected chi connectivity index (χ2v) is 8.79. The molecule has 162 valence electrons. The molecule has 0 aliphatic carbocycles. The molecule has 0 aliphatic heterocycles. The van der Waals surface area contributed by atoms with E-state index in [2.05, 4.69) is 80.4 Å². The quantitative estimate of drug-likeness (QED) is 0.429. The van der Waals surface area contributed by atoms with Gasteiger partial charge in [-0.15, -0.1) is 0 Å². The van der Waals surface area contributed by atoms with Gasteiger partial charge in [-0.2, -0.15) is 0 Å². The minimum Gasteiger partial charge on any atom is -0.324 e. The van der Waals surface area contributed by atoms with Crippen LogP contribution in [0.5, 0.6) is 0 Å². The minimum absolute atomic E-state index is 0.0295. The average molecular weight is 415 g/mol. The Morgan fingerprint density at radius 2 is 1.16 bits per heavy atom. The highest BCUT2D eigenvalue weighted by atomic mass is 16.2. The molecule has 1 amide bonds. The summed E-state index contributed by atoms with van der Waals surface area (Å²) in [6.07, 6.45) is 0. The van der Waals surface area contributed by atoms with E-state index in [0.717, 1.165) is 18.8 Å². The SMILES string of the molecule is CC(C)c1cccc(C(C)C)c1NC(=O)CN(Cc1ccccc1)Cc1ccccc1. The second-order valence-electron chi connectivity index (χ2n) is 8.79. The van der Waals surface area contributed by atoms with Crippen LogP contribution in [-0.2, 0) is 17.9 Å². The number of rotatable bonds is 9. The third kappa shape index (κ3) is 6.53. The van der Waals surface area contributed by atoms with Crippen LogP contribution in [0.3, 0.4) is 0 Å². The number of hydrogen-bond acceptors (Lipinski definition) is 2. The highest BCUT2D eigenvalue weighted by Crippen LogP contribution is 2.32. The van der Waals surface area contributed by atoms with Crippen molar-refractivity contribution in [2.24, 2.45) is 0 Å². The fourth-order valence-electron chi connectivity index (χ4n) is 3.93. The van der Waals surface area contributed by atoms with Crippen molar-refractivity contribution in [3.05, 3.63) is 101 Å². The lowest BCUT2D eigenvalue weighted by Crippen LogP contribution is -2.33. The zero-order valence-electron chi connectivity index (χ0n) is 19.1. The van der Waals surface area contributed by atoms with Gasteiger partial charge in [0.1, 0.15) is 0 Å². The summed E-state index contributed by atoms with van der Waals surface area (Å²) in [5, 5.41) is 3.26. The molecule has 31 heavy (non-hydrogen) atoms. The summed E-state index contributed by atoms with van der Waals surface area (Å²) in [7, 11) is 0. The van der Waals surface area contributed by atoms with Gasteiger partial charge in [0.25, 0.3) is 0 Å².